The summed E-state index contributed by atoms with van der Waals surface area (Å²) in [5.74, 6) is 0.387. The topological polar surface area (TPSA) is 52.6 Å². The lowest BCUT2D eigenvalue weighted by molar-refractivity contribution is 0.00578. The minimum absolute atomic E-state index is 0.193. The van der Waals surface area contributed by atoms with E-state index in [1.807, 2.05) is 52.0 Å². The first-order valence-corrected chi connectivity index (χ1v) is 9.53. The summed E-state index contributed by atoms with van der Waals surface area (Å²) in [6.45, 7) is 9.78. The maximum Gasteiger partial charge on any atom is 0.494 e. The van der Waals surface area contributed by atoms with E-state index in [4.69, 9.17) is 9.31 Å². The largest absolute Gasteiger partial charge is 0.494 e. The quantitative estimate of drug-likeness (QED) is 0.777. The van der Waals surface area contributed by atoms with Crippen LogP contribution in [0.1, 0.15) is 40.2 Å². The van der Waals surface area contributed by atoms with Crippen molar-refractivity contribution in [1.29, 1.82) is 0 Å². The van der Waals surface area contributed by atoms with Crippen molar-refractivity contribution in [2.24, 2.45) is 0 Å². The van der Waals surface area contributed by atoms with Crippen LogP contribution in [0, 0.1) is 0 Å². The second-order valence-corrected chi connectivity index (χ2v) is 9.29. The molecule has 0 amide bonds. The Morgan fingerprint density at radius 2 is 1.50 bits per heavy atom. The summed E-state index contributed by atoms with van der Waals surface area (Å²) in [6.07, 6.45) is 0.541. The molecule has 1 fully saturated rings. The monoisotopic (exact) mass is 324 g/mol. The molecule has 4 nitrogen and oxygen atoms in total. The van der Waals surface area contributed by atoms with Gasteiger partial charge in [0.05, 0.1) is 17.0 Å². The standard InChI is InChI=1S/C16H25BO4S/c1-6-22(18,19)12-11-13-7-9-14(10-8-13)17-20-15(2,3)16(4,5)21-17/h7-10H,6,11-12H2,1-5H3. The molecule has 1 aromatic rings. The van der Waals surface area contributed by atoms with Crippen LogP contribution in [0.4, 0.5) is 0 Å². The van der Waals surface area contributed by atoms with E-state index in [1.54, 1.807) is 6.92 Å². The van der Waals surface area contributed by atoms with Gasteiger partial charge < -0.3 is 9.31 Å². The highest BCUT2D eigenvalue weighted by molar-refractivity contribution is 7.91. The molecule has 0 bridgehead atoms. The minimum Gasteiger partial charge on any atom is -0.399 e. The van der Waals surface area contributed by atoms with Gasteiger partial charge in [0, 0.05) is 5.75 Å². The fourth-order valence-electron chi connectivity index (χ4n) is 2.24. The Hall–Kier alpha value is -0.845. The fraction of sp³-hybridized carbons (Fsp3) is 0.625. The van der Waals surface area contributed by atoms with Gasteiger partial charge in [0.1, 0.15) is 9.84 Å². The predicted molar refractivity (Wildman–Crippen MR) is 90.2 cm³/mol. The molecule has 0 radical (unpaired) electrons. The van der Waals surface area contributed by atoms with Gasteiger partial charge in [-0.25, -0.2) is 8.42 Å². The molecule has 1 aromatic carbocycles. The van der Waals surface area contributed by atoms with Gasteiger partial charge in [0.25, 0.3) is 0 Å². The summed E-state index contributed by atoms with van der Waals surface area (Å²) in [4.78, 5) is 0. The second kappa shape index (κ2) is 5.98. The normalized spacial score (nSPS) is 20.3. The Labute approximate surface area is 134 Å². The smallest absolute Gasteiger partial charge is 0.399 e. The summed E-state index contributed by atoms with van der Waals surface area (Å²) in [6, 6.07) is 7.81. The van der Waals surface area contributed by atoms with E-state index in [2.05, 4.69) is 0 Å². The summed E-state index contributed by atoms with van der Waals surface area (Å²) in [5, 5.41) is 0. The zero-order valence-electron chi connectivity index (χ0n) is 14.0. The Morgan fingerprint density at radius 3 is 1.95 bits per heavy atom. The highest BCUT2D eigenvalue weighted by atomic mass is 32.2. The lowest BCUT2D eigenvalue weighted by Crippen LogP contribution is -2.41. The maximum atomic E-state index is 11.6. The molecular formula is C16H25BO4S. The Bertz CT molecular complexity index is 604. The molecule has 122 valence electrons. The Kier molecular flexibility index (Phi) is 4.76. The third-order valence-electron chi connectivity index (χ3n) is 4.65. The molecule has 2 rings (SSSR count). The van der Waals surface area contributed by atoms with Gasteiger partial charge >= 0.3 is 7.12 Å². The van der Waals surface area contributed by atoms with Gasteiger partial charge in [-0.2, -0.15) is 0 Å². The maximum absolute atomic E-state index is 11.6. The number of sulfone groups is 1. The van der Waals surface area contributed by atoms with Gasteiger partial charge in [0.15, 0.2) is 0 Å². The van der Waals surface area contributed by atoms with Gasteiger partial charge in [-0.15, -0.1) is 0 Å². The van der Waals surface area contributed by atoms with Gasteiger partial charge in [0.2, 0.25) is 0 Å². The van der Waals surface area contributed by atoms with Crippen molar-refractivity contribution < 1.29 is 17.7 Å². The van der Waals surface area contributed by atoms with E-state index in [0.29, 0.717) is 6.42 Å². The minimum atomic E-state index is -2.92. The molecule has 1 aliphatic rings. The molecule has 1 aliphatic heterocycles. The molecule has 0 aliphatic carbocycles. The molecule has 22 heavy (non-hydrogen) atoms. The number of rotatable bonds is 5. The van der Waals surface area contributed by atoms with E-state index in [9.17, 15) is 8.42 Å². The predicted octanol–water partition coefficient (Wildman–Crippen LogP) is 1.96. The molecule has 0 spiro atoms. The highest BCUT2D eigenvalue weighted by Gasteiger charge is 2.51. The third-order valence-corrected chi connectivity index (χ3v) is 6.35. The number of hydrogen-bond acceptors (Lipinski definition) is 4. The lowest BCUT2D eigenvalue weighted by atomic mass is 9.79. The van der Waals surface area contributed by atoms with E-state index < -0.39 is 9.84 Å². The summed E-state index contributed by atoms with van der Waals surface area (Å²) in [5.41, 5.74) is 1.26. The van der Waals surface area contributed by atoms with Crippen LogP contribution in [-0.2, 0) is 25.6 Å². The van der Waals surface area contributed by atoms with Crippen LogP contribution in [0.2, 0.25) is 0 Å². The van der Waals surface area contributed by atoms with Crippen molar-refractivity contribution in [3.8, 4) is 0 Å². The summed E-state index contributed by atoms with van der Waals surface area (Å²) >= 11 is 0. The van der Waals surface area contributed by atoms with Crippen LogP contribution in [-0.4, -0.2) is 38.2 Å². The van der Waals surface area contributed by atoms with Gasteiger partial charge in [-0.1, -0.05) is 31.2 Å². The van der Waals surface area contributed by atoms with Crippen molar-refractivity contribution in [1.82, 2.24) is 0 Å². The number of hydrogen-bond donors (Lipinski definition) is 0. The van der Waals surface area contributed by atoms with E-state index in [0.717, 1.165) is 11.0 Å². The molecular weight excluding hydrogens is 299 g/mol. The zero-order chi connectivity index (χ0) is 16.6. The molecule has 0 unspecified atom stereocenters. The van der Waals surface area contributed by atoms with Crippen molar-refractivity contribution in [2.75, 3.05) is 11.5 Å². The number of benzene rings is 1. The van der Waals surface area contributed by atoms with Crippen LogP contribution in [0.15, 0.2) is 24.3 Å². The summed E-state index contributed by atoms with van der Waals surface area (Å²) in [7, 11) is -3.30. The molecule has 0 atom stereocenters. The van der Waals surface area contributed by atoms with Crippen molar-refractivity contribution in [3.05, 3.63) is 29.8 Å². The molecule has 1 heterocycles. The second-order valence-electron chi connectivity index (χ2n) is 6.82. The molecule has 1 saturated heterocycles. The Balaban J connectivity index is 2.04. The van der Waals surface area contributed by atoms with Crippen LogP contribution in [0.5, 0.6) is 0 Å². The van der Waals surface area contributed by atoms with Crippen LogP contribution < -0.4 is 5.46 Å². The van der Waals surface area contributed by atoms with Crippen LogP contribution >= 0.6 is 0 Å². The highest BCUT2D eigenvalue weighted by Crippen LogP contribution is 2.36. The zero-order valence-corrected chi connectivity index (χ0v) is 14.9. The van der Waals surface area contributed by atoms with Crippen LogP contribution in [0.3, 0.4) is 0 Å². The van der Waals surface area contributed by atoms with Crippen molar-refractivity contribution in [2.45, 2.75) is 52.2 Å². The van der Waals surface area contributed by atoms with E-state index >= 15 is 0 Å². The van der Waals surface area contributed by atoms with E-state index in [1.165, 1.54) is 0 Å². The first-order chi connectivity index (χ1) is 10.1. The van der Waals surface area contributed by atoms with Gasteiger partial charge in [-0.05, 0) is 45.1 Å². The first-order valence-electron chi connectivity index (χ1n) is 7.71. The van der Waals surface area contributed by atoms with Gasteiger partial charge in [-0.3, -0.25) is 0 Å². The lowest BCUT2D eigenvalue weighted by Gasteiger charge is -2.32. The average Bonchev–Trinajstić information content (AvgIpc) is 2.66. The third kappa shape index (κ3) is 3.73. The average molecular weight is 324 g/mol. The fourth-order valence-corrected chi connectivity index (χ4v) is 3.07. The molecule has 6 heteroatoms. The van der Waals surface area contributed by atoms with Crippen LogP contribution in [0.25, 0.3) is 0 Å². The van der Waals surface area contributed by atoms with Crippen molar-refractivity contribution in [3.63, 3.8) is 0 Å². The first kappa shape index (κ1) is 17.5. The SMILES string of the molecule is CCS(=O)(=O)CCc1ccc(B2OC(C)(C)C(C)(C)O2)cc1. The summed E-state index contributed by atoms with van der Waals surface area (Å²) < 4.78 is 35.1. The molecule has 0 aromatic heterocycles. The molecule has 0 saturated carbocycles. The van der Waals surface area contributed by atoms with Crippen molar-refractivity contribution >= 4 is 22.4 Å². The molecule has 0 N–H and O–H groups in total. The van der Waals surface area contributed by atoms with E-state index in [-0.39, 0.29) is 29.8 Å². The number of aryl methyl sites for hydroxylation is 1. The Morgan fingerprint density at radius 1 is 1.00 bits per heavy atom.